The Kier molecular flexibility index (Phi) is 1.30. The summed E-state index contributed by atoms with van der Waals surface area (Å²) in [5.41, 5.74) is 0. The minimum atomic E-state index is -3.04. The van der Waals surface area contributed by atoms with Gasteiger partial charge in [-0.3, -0.25) is 4.79 Å². The van der Waals surface area contributed by atoms with E-state index in [1.54, 1.807) is 0 Å². The topological polar surface area (TPSA) is 57.5 Å². The second-order valence-corrected chi connectivity index (χ2v) is 2.58. The van der Waals surface area contributed by atoms with Crippen molar-refractivity contribution in [3.8, 4) is 0 Å². The highest BCUT2D eigenvalue weighted by Crippen LogP contribution is 1.98. The van der Waals surface area contributed by atoms with E-state index >= 15 is 0 Å². The second kappa shape index (κ2) is 3.69. The summed E-state index contributed by atoms with van der Waals surface area (Å²) in [5.74, 6) is -1.59. The van der Waals surface area contributed by atoms with Crippen molar-refractivity contribution in [3.63, 3.8) is 0 Å². The van der Waals surface area contributed by atoms with Gasteiger partial charge in [0, 0.05) is 0 Å². The van der Waals surface area contributed by atoms with E-state index in [1.165, 1.54) is 0 Å². The van der Waals surface area contributed by atoms with Crippen LogP contribution in [0.3, 0.4) is 0 Å². The minimum Gasteiger partial charge on any atom is -0.481 e. The summed E-state index contributed by atoms with van der Waals surface area (Å²) in [6.07, 6.45) is -4.26. The van der Waals surface area contributed by atoms with E-state index in [-0.39, 0.29) is 0 Å². The number of carboxylic acids is 1. The molecule has 0 spiro atoms. The lowest BCUT2D eigenvalue weighted by molar-refractivity contribution is -0.873. The lowest BCUT2D eigenvalue weighted by atomic mass is 10.2. The van der Waals surface area contributed by atoms with Gasteiger partial charge in [-0.25, -0.2) is 0 Å². The van der Waals surface area contributed by atoms with Crippen LogP contribution in [-0.2, 0) is 4.79 Å². The molecule has 0 heterocycles. The Morgan fingerprint density at radius 3 is 2.82 bits per heavy atom. The van der Waals surface area contributed by atoms with Crippen molar-refractivity contribution in [2.45, 2.75) is 12.5 Å². The fourth-order valence-corrected chi connectivity index (χ4v) is 0.505. The molecule has 0 unspecified atom stereocenters. The Hall–Kier alpha value is -0.610. The van der Waals surface area contributed by atoms with Crippen LogP contribution in [0.15, 0.2) is 0 Å². The molecule has 0 bridgehead atoms. The van der Waals surface area contributed by atoms with Crippen molar-refractivity contribution in [1.29, 1.82) is 0 Å². The summed E-state index contributed by atoms with van der Waals surface area (Å²) in [4.78, 5) is 10.4. The predicted octanol–water partition coefficient (Wildman–Crippen LogP) is -0.472. The van der Waals surface area contributed by atoms with E-state index < -0.39 is 36.4 Å². The van der Waals surface area contributed by atoms with Crippen LogP contribution < -0.4 is 0 Å². The van der Waals surface area contributed by atoms with Crippen LogP contribution in [0.25, 0.3) is 0 Å². The zero-order chi connectivity index (χ0) is 14.3. The largest absolute Gasteiger partial charge is 0.481 e. The van der Waals surface area contributed by atoms with E-state index in [9.17, 15) is 9.90 Å². The molecule has 11 heavy (non-hydrogen) atoms. The number of aliphatic hydroxyl groups is 1. The Morgan fingerprint density at radius 2 is 2.45 bits per heavy atom. The third-order valence-corrected chi connectivity index (χ3v) is 0.727. The van der Waals surface area contributed by atoms with Gasteiger partial charge in [-0.1, -0.05) is 0 Å². The van der Waals surface area contributed by atoms with Crippen LogP contribution in [0.5, 0.6) is 0 Å². The molecule has 2 N–H and O–H groups in total. The van der Waals surface area contributed by atoms with Gasteiger partial charge in [0.05, 0.1) is 35.7 Å². The highest BCUT2D eigenvalue weighted by atomic mass is 16.4. The zero-order valence-electron chi connectivity index (χ0n) is 12.5. The van der Waals surface area contributed by atoms with Crippen LogP contribution >= 0.6 is 0 Å². The van der Waals surface area contributed by atoms with E-state index in [1.807, 2.05) is 0 Å². The molecule has 0 fully saturated rings. The zero-order valence-corrected chi connectivity index (χ0v) is 6.46. The molecule has 4 nitrogen and oxygen atoms in total. The molecule has 0 amide bonds. The molecule has 4 heteroatoms. The van der Waals surface area contributed by atoms with Crippen molar-refractivity contribution in [2.24, 2.45) is 0 Å². The molecule has 0 radical (unpaired) electrons. The molecule has 66 valence electrons. The third kappa shape index (κ3) is 7.29. The minimum absolute atomic E-state index is 0.967. The lowest BCUT2D eigenvalue weighted by Gasteiger charge is -2.25. The number of likely N-dealkylation sites (N-methyl/N-ethyl adjacent to an activating group) is 1. The van der Waals surface area contributed by atoms with E-state index in [0.717, 1.165) is 14.1 Å². The fourth-order valence-electron chi connectivity index (χ4n) is 0.505. The first-order valence-electron chi connectivity index (χ1n) is 5.95. The average Bonchev–Trinajstić information content (AvgIpc) is 1.98. The summed E-state index contributed by atoms with van der Waals surface area (Å²) < 4.78 is 42.6. The maximum atomic E-state index is 10.4. The van der Waals surface area contributed by atoms with Crippen LogP contribution in [0.2, 0.25) is 0 Å². The highest BCUT2D eigenvalue weighted by molar-refractivity contribution is 5.67. The van der Waals surface area contributed by atoms with Crippen LogP contribution in [-0.4, -0.2) is 54.3 Å². The fraction of sp³-hybridized carbons (Fsp3) is 0.857. The van der Waals surface area contributed by atoms with Crippen molar-refractivity contribution in [2.75, 3.05) is 27.6 Å². The molecule has 0 aromatic carbocycles. The number of aliphatic carboxylic acids is 1. The van der Waals surface area contributed by atoms with Gasteiger partial charge in [0.2, 0.25) is 0 Å². The van der Waals surface area contributed by atoms with Crippen LogP contribution in [0.4, 0.5) is 0 Å². The second-order valence-electron chi connectivity index (χ2n) is 2.58. The summed E-state index contributed by atoms with van der Waals surface area (Å²) in [7, 11) is 1.93. The Balaban J connectivity index is 5.47. The van der Waals surface area contributed by atoms with E-state index in [2.05, 4.69) is 0 Å². The Morgan fingerprint density at radius 1 is 1.91 bits per heavy atom. The van der Waals surface area contributed by atoms with Gasteiger partial charge in [-0.15, -0.1) is 0 Å². The van der Waals surface area contributed by atoms with Crippen LogP contribution in [0.1, 0.15) is 14.6 Å². The number of hydrogen-bond donors (Lipinski definition) is 2. The molecule has 0 saturated carbocycles. The molecular formula is C7H16NO3+. The van der Waals surface area contributed by atoms with Gasteiger partial charge in [-0.05, 0) is 0 Å². The highest BCUT2D eigenvalue weighted by Gasteiger charge is 2.17. The number of carbonyl (C=O) groups is 1. The summed E-state index contributed by atoms with van der Waals surface area (Å²) in [5, 5.41) is 18.0. The van der Waals surface area contributed by atoms with Gasteiger partial charge in [0.25, 0.3) is 0 Å². The molecule has 0 aliphatic carbocycles. The van der Waals surface area contributed by atoms with Crippen molar-refractivity contribution in [3.05, 3.63) is 0 Å². The molecule has 1 atom stereocenters. The first kappa shape index (κ1) is 3.87. The Labute approximate surface area is 75.1 Å². The number of hydrogen-bond acceptors (Lipinski definition) is 2. The van der Waals surface area contributed by atoms with Gasteiger partial charge >= 0.3 is 5.97 Å². The first-order chi connectivity index (χ1) is 7.17. The van der Waals surface area contributed by atoms with Gasteiger partial charge in [-0.2, -0.15) is 0 Å². The number of nitrogens with zero attached hydrogens (tertiary/aromatic N) is 1. The SMILES string of the molecule is [2H]C([2H])([2H])[N+](C)(C)C([2H])([2H])[C@]([2H])(O)CC(=O)O. The van der Waals surface area contributed by atoms with Crippen LogP contribution in [0, 0.1) is 0 Å². The Bertz CT molecular complexity index is 311. The molecule has 0 aromatic rings. The maximum Gasteiger partial charge on any atom is 0.306 e. The number of rotatable bonds is 4. The van der Waals surface area contributed by atoms with Crippen molar-refractivity contribution < 1.29 is 27.7 Å². The number of carboxylic acid groups (broad SMARTS) is 1. The van der Waals surface area contributed by atoms with Crippen molar-refractivity contribution >= 4 is 5.97 Å². The lowest BCUT2D eigenvalue weighted by Crippen LogP contribution is -2.42. The molecule has 0 aliphatic heterocycles. The maximum absolute atomic E-state index is 10.4. The average molecular weight is 168 g/mol. The molecule has 0 aliphatic rings. The summed E-state index contributed by atoms with van der Waals surface area (Å²) in [6.45, 7) is -5.81. The first-order valence-corrected chi connectivity index (χ1v) is 2.95. The summed E-state index contributed by atoms with van der Waals surface area (Å²) >= 11 is 0. The van der Waals surface area contributed by atoms with Gasteiger partial charge in [0.1, 0.15) is 12.6 Å². The quantitative estimate of drug-likeness (QED) is 0.558. The van der Waals surface area contributed by atoms with E-state index in [0.29, 0.717) is 0 Å². The molecule has 0 rings (SSSR count). The molecular weight excluding hydrogens is 146 g/mol. The summed E-state index contributed by atoms with van der Waals surface area (Å²) in [6, 6.07) is 0. The van der Waals surface area contributed by atoms with E-state index in [4.69, 9.17) is 13.3 Å². The third-order valence-electron chi connectivity index (χ3n) is 0.727. The standard InChI is InChI=1S/C7H15NO3/c1-8(2,3)5-6(9)4-7(10)11/h6,9H,4-5H2,1-3H3/p+1/t6-/m1/s1/i1D3,5D2,6D. The van der Waals surface area contributed by atoms with Gasteiger partial charge in [0.15, 0.2) is 0 Å². The molecule has 0 aromatic heterocycles. The number of quaternary nitrogens is 1. The predicted molar refractivity (Wildman–Crippen MR) is 41.2 cm³/mol. The monoisotopic (exact) mass is 168 g/mol. The normalized spacial score (nSPS) is 27.9. The van der Waals surface area contributed by atoms with Crippen molar-refractivity contribution in [1.82, 2.24) is 0 Å². The smallest absolute Gasteiger partial charge is 0.306 e. The van der Waals surface area contributed by atoms with Gasteiger partial charge < -0.3 is 14.7 Å². The molecule has 0 saturated heterocycles.